The number of amides is 1. The topological polar surface area (TPSA) is 94.8 Å². The average molecular weight is 480 g/mol. The normalized spacial score (nSPS) is 24.4. The van der Waals surface area contributed by atoms with E-state index in [1.54, 1.807) is 6.20 Å². The molecular formula is C26H29N3O4S. The maximum absolute atomic E-state index is 13.3. The zero-order chi connectivity index (χ0) is 23.9. The molecule has 0 spiro atoms. The van der Waals surface area contributed by atoms with Crippen LogP contribution in [-0.2, 0) is 16.1 Å². The Labute approximate surface area is 202 Å². The number of ether oxygens (including phenoxy) is 2. The minimum absolute atomic E-state index is 0.0974. The predicted molar refractivity (Wildman–Crippen MR) is 131 cm³/mol. The molecule has 2 N–H and O–H groups in total. The molecule has 8 heteroatoms. The van der Waals surface area contributed by atoms with Gasteiger partial charge in [-0.15, -0.1) is 11.3 Å². The standard InChI is InChI=1S/C26H29N3O4S/c1-16(2)32-21-20-9-6-12-28-23(20)34-22(21)24(30)33-19-13-18-10-11-26(14-19,25(27)31)29(18)15-17-7-4-3-5-8-17/h3-9,12,16,18-19H,10-11,13-15H2,1-2H3,(H2,27,31). The minimum Gasteiger partial charge on any atom is -0.488 e. The second-order valence-corrected chi connectivity index (χ2v) is 10.5. The Kier molecular flexibility index (Phi) is 6.04. The molecule has 2 aliphatic heterocycles. The van der Waals surface area contributed by atoms with Gasteiger partial charge in [-0.05, 0) is 44.4 Å². The number of pyridine rings is 1. The second kappa shape index (κ2) is 9.00. The van der Waals surface area contributed by atoms with Crippen LogP contribution >= 0.6 is 11.3 Å². The third-order valence-corrected chi connectivity index (χ3v) is 7.94. The van der Waals surface area contributed by atoms with Crippen molar-refractivity contribution < 1.29 is 19.1 Å². The highest BCUT2D eigenvalue weighted by molar-refractivity contribution is 7.20. The van der Waals surface area contributed by atoms with Crippen molar-refractivity contribution in [3.63, 3.8) is 0 Å². The molecule has 3 aromatic rings. The largest absolute Gasteiger partial charge is 0.488 e. The third kappa shape index (κ3) is 4.05. The summed E-state index contributed by atoms with van der Waals surface area (Å²) in [7, 11) is 0. The average Bonchev–Trinajstić information content (AvgIpc) is 3.26. The summed E-state index contributed by atoms with van der Waals surface area (Å²) in [6.45, 7) is 4.50. The zero-order valence-electron chi connectivity index (χ0n) is 19.4. The Morgan fingerprint density at radius 3 is 2.76 bits per heavy atom. The fraction of sp³-hybridized carbons (Fsp3) is 0.423. The molecule has 1 amide bonds. The number of carbonyl (C=O) groups excluding carboxylic acids is 2. The van der Waals surface area contributed by atoms with Crippen LogP contribution in [0.4, 0.5) is 0 Å². The number of fused-ring (bicyclic) bond motifs is 3. The first-order valence-electron chi connectivity index (χ1n) is 11.7. The molecule has 5 rings (SSSR count). The van der Waals surface area contributed by atoms with E-state index in [1.807, 2.05) is 44.2 Å². The molecule has 178 valence electrons. The van der Waals surface area contributed by atoms with Crippen molar-refractivity contribution >= 4 is 33.4 Å². The molecular weight excluding hydrogens is 450 g/mol. The number of hydrogen-bond donors (Lipinski definition) is 1. The SMILES string of the molecule is CC(C)Oc1c(C(=O)OC2CC3CCC(C(N)=O)(C2)N3Cc2ccccc2)sc2ncccc12. The number of aromatic nitrogens is 1. The molecule has 0 radical (unpaired) electrons. The first-order valence-corrected chi connectivity index (χ1v) is 12.5. The first-order chi connectivity index (χ1) is 16.4. The van der Waals surface area contributed by atoms with Gasteiger partial charge in [0.25, 0.3) is 0 Å². The van der Waals surface area contributed by atoms with Gasteiger partial charge in [0.15, 0.2) is 10.6 Å². The van der Waals surface area contributed by atoms with Gasteiger partial charge in [0, 0.05) is 31.6 Å². The maximum atomic E-state index is 13.3. The van der Waals surface area contributed by atoms with Crippen molar-refractivity contribution in [3.8, 4) is 5.75 Å². The molecule has 0 aliphatic carbocycles. The summed E-state index contributed by atoms with van der Waals surface area (Å²) >= 11 is 1.27. The van der Waals surface area contributed by atoms with Crippen LogP contribution in [0.5, 0.6) is 5.75 Å². The van der Waals surface area contributed by atoms with Crippen LogP contribution in [0, 0.1) is 0 Å². The quantitative estimate of drug-likeness (QED) is 0.508. The highest BCUT2D eigenvalue weighted by Gasteiger charge is 2.56. The summed E-state index contributed by atoms with van der Waals surface area (Å²) in [5.41, 5.74) is 6.31. The van der Waals surface area contributed by atoms with Crippen LogP contribution in [-0.4, -0.2) is 45.5 Å². The van der Waals surface area contributed by atoms with E-state index in [-0.39, 0.29) is 24.2 Å². The van der Waals surface area contributed by atoms with Crippen molar-refractivity contribution in [1.29, 1.82) is 0 Å². The van der Waals surface area contributed by atoms with Crippen molar-refractivity contribution in [2.75, 3.05) is 0 Å². The molecule has 2 aliphatic rings. The highest BCUT2D eigenvalue weighted by atomic mass is 32.1. The van der Waals surface area contributed by atoms with Crippen LogP contribution in [0.1, 0.15) is 54.8 Å². The van der Waals surface area contributed by atoms with Gasteiger partial charge < -0.3 is 15.2 Å². The lowest BCUT2D eigenvalue weighted by Crippen LogP contribution is -2.60. The van der Waals surface area contributed by atoms with Crippen molar-refractivity contribution in [1.82, 2.24) is 9.88 Å². The number of thiophene rings is 1. The molecule has 7 nitrogen and oxygen atoms in total. The molecule has 3 unspecified atom stereocenters. The number of nitrogens with zero attached hydrogens (tertiary/aromatic N) is 2. The van der Waals surface area contributed by atoms with E-state index in [0.717, 1.165) is 22.2 Å². The Morgan fingerprint density at radius 1 is 1.24 bits per heavy atom. The lowest BCUT2D eigenvalue weighted by Gasteiger charge is -2.45. The van der Waals surface area contributed by atoms with Crippen LogP contribution in [0.2, 0.25) is 0 Å². The van der Waals surface area contributed by atoms with Crippen molar-refractivity contribution in [2.24, 2.45) is 5.73 Å². The molecule has 1 aromatic carbocycles. The van der Waals surface area contributed by atoms with Gasteiger partial charge in [-0.25, -0.2) is 9.78 Å². The maximum Gasteiger partial charge on any atom is 0.352 e. The first kappa shape index (κ1) is 22.8. The molecule has 0 saturated carbocycles. The van der Waals surface area contributed by atoms with Crippen LogP contribution in [0.15, 0.2) is 48.7 Å². The van der Waals surface area contributed by atoms with Gasteiger partial charge in [0.05, 0.1) is 11.5 Å². The summed E-state index contributed by atoms with van der Waals surface area (Å²) in [6, 6.07) is 14.0. The third-order valence-electron chi connectivity index (χ3n) is 6.87. The fourth-order valence-electron chi connectivity index (χ4n) is 5.40. The molecule has 2 fully saturated rings. The van der Waals surface area contributed by atoms with E-state index in [1.165, 1.54) is 11.3 Å². The number of rotatable bonds is 7. The van der Waals surface area contributed by atoms with Gasteiger partial charge in [0.2, 0.25) is 5.91 Å². The second-order valence-electron chi connectivity index (χ2n) is 9.45. The Balaban J connectivity index is 1.38. The van der Waals surface area contributed by atoms with E-state index in [9.17, 15) is 9.59 Å². The fourth-order valence-corrected chi connectivity index (χ4v) is 6.36. The molecule has 2 saturated heterocycles. The summed E-state index contributed by atoms with van der Waals surface area (Å²) in [5.74, 6) is -0.261. The predicted octanol–water partition coefficient (Wildman–Crippen LogP) is 4.29. The van der Waals surface area contributed by atoms with Gasteiger partial charge in [-0.3, -0.25) is 9.69 Å². The van der Waals surface area contributed by atoms with E-state index in [4.69, 9.17) is 15.2 Å². The molecule has 2 bridgehead atoms. The number of benzene rings is 1. The monoisotopic (exact) mass is 479 g/mol. The van der Waals surface area contributed by atoms with E-state index < -0.39 is 11.5 Å². The van der Waals surface area contributed by atoms with Crippen LogP contribution in [0.25, 0.3) is 10.2 Å². The number of piperidine rings is 1. The Bertz CT molecular complexity index is 1210. The summed E-state index contributed by atoms with van der Waals surface area (Å²) < 4.78 is 12.0. The summed E-state index contributed by atoms with van der Waals surface area (Å²) in [6.07, 6.45) is 3.84. The summed E-state index contributed by atoms with van der Waals surface area (Å²) in [4.78, 5) is 33.8. The number of primary amides is 1. The van der Waals surface area contributed by atoms with Crippen LogP contribution < -0.4 is 10.5 Å². The Hall–Kier alpha value is -2.97. The molecule has 34 heavy (non-hydrogen) atoms. The molecule has 2 aromatic heterocycles. The van der Waals surface area contributed by atoms with Crippen molar-refractivity contribution in [2.45, 2.75) is 69.9 Å². The summed E-state index contributed by atoms with van der Waals surface area (Å²) in [5, 5.41) is 0.805. The number of nitrogens with two attached hydrogens (primary N) is 1. The van der Waals surface area contributed by atoms with Crippen molar-refractivity contribution in [3.05, 3.63) is 59.1 Å². The molecule has 4 heterocycles. The highest BCUT2D eigenvalue weighted by Crippen LogP contribution is 2.46. The number of esters is 1. The number of carbonyl (C=O) groups is 2. The Morgan fingerprint density at radius 2 is 2.03 bits per heavy atom. The molecule has 3 atom stereocenters. The van der Waals surface area contributed by atoms with E-state index in [0.29, 0.717) is 36.4 Å². The van der Waals surface area contributed by atoms with Crippen LogP contribution in [0.3, 0.4) is 0 Å². The van der Waals surface area contributed by atoms with Gasteiger partial charge in [0.1, 0.15) is 16.5 Å². The van der Waals surface area contributed by atoms with E-state index in [2.05, 4.69) is 22.0 Å². The van der Waals surface area contributed by atoms with E-state index >= 15 is 0 Å². The minimum atomic E-state index is -0.803. The zero-order valence-corrected chi connectivity index (χ0v) is 20.2. The lowest BCUT2D eigenvalue weighted by atomic mass is 9.85. The smallest absolute Gasteiger partial charge is 0.352 e. The number of hydrogen-bond acceptors (Lipinski definition) is 7. The van der Waals surface area contributed by atoms with Gasteiger partial charge >= 0.3 is 5.97 Å². The van der Waals surface area contributed by atoms with Gasteiger partial charge in [-0.1, -0.05) is 30.3 Å². The van der Waals surface area contributed by atoms with Gasteiger partial charge in [-0.2, -0.15) is 0 Å². The lowest BCUT2D eigenvalue weighted by molar-refractivity contribution is -0.136.